The number of hydrogen-bond donors (Lipinski definition) is 1. The second-order valence-corrected chi connectivity index (χ2v) is 5.93. The molecular weight excluding hydrogens is 246 g/mol. The van der Waals surface area contributed by atoms with E-state index in [9.17, 15) is 0 Å². The van der Waals surface area contributed by atoms with Crippen LogP contribution in [0.3, 0.4) is 0 Å². The van der Waals surface area contributed by atoms with Gasteiger partial charge >= 0.3 is 0 Å². The Labute approximate surface area is 115 Å². The minimum Gasteiger partial charge on any atom is -0.490 e. The maximum Gasteiger partial charge on any atom is 0.122 e. The van der Waals surface area contributed by atoms with E-state index in [2.05, 4.69) is 19.2 Å². The average Bonchev–Trinajstić information content (AvgIpc) is 2.80. The van der Waals surface area contributed by atoms with E-state index in [4.69, 9.17) is 16.3 Å². The van der Waals surface area contributed by atoms with Crippen molar-refractivity contribution < 1.29 is 4.74 Å². The minimum absolute atomic E-state index is 0.278. The Morgan fingerprint density at radius 1 is 1.39 bits per heavy atom. The van der Waals surface area contributed by atoms with Gasteiger partial charge in [0, 0.05) is 17.5 Å². The lowest BCUT2D eigenvalue weighted by atomic mass is 9.92. The molecule has 100 valence electrons. The fraction of sp³-hybridized carbons (Fsp3) is 0.600. The molecule has 18 heavy (non-hydrogen) atoms. The summed E-state index contributed by atoms with van der Waals surface area (Å²) in [6.07, 6.45) is 1.48. The fourth-order valence-electron chi connectivity index (χ4n) is 2.63. The smallest absolute Gasteiger partial charge is 0.122 e. The molecule has 1 saturated heterocycles. The van der Waals surface area contributed by atoms with Crippen molar-refractivity contribution >= 4 is 11.6 Å². The normalized spacial score (nSPS) is 21.3. The lowest BCUT2D eigenvalue weighted by Gasteiger charge is -2.28. The van der Waals surface area contributed by atoms with Gasteiger partial charge in [0.05, 0.1) is 0 Å². The van der Waals surface area contributed by atoms with Crippen molar-refractivity contribution in [3.8, 4) is 5.75 Å². The van der Waals surface area contributed by atoms with E-state index in [-0.39, 0.29) is 6.10 Å². The predicted molar refractivity (Wildman–Crippen MR) is 76.4 cm³/mol. The quantitative estimate of drug-likeness (QED) is 0.899. The van der Waals surface area contributed by atoms with Crippen LogP contribution >= 0.6 is 11.6 Å². The molecule has 1 aromatic rings. The number of halogens is 1. The van der Waals surface area contributed by atoms with E-state index in [1.807, 2.05) is 25.1 Å². The van der Waals surface area contributed by atoms with Crippen LogP contribution in [0.1, 0.15) is 25.8 Å². The number of nitrogens with one attached hydrogen (secondary N) is 1. The third kappa shape index (κ3) is 3.18. The molecule has 2 rings (SSSR count). The minimum atomic E-state index is 0.278. The van der Waals surface area contributed by atoms with Crippen molar-refractivity contribution in [2.45, 2.75) is 33.3 Å². The molecular formula is C15H22ClNO. The molecule has 1 N–H and O–H groups in total. The second kappa shape index (κ2) is 5.94. The zero-order valence-electron chi connectivity index (χ0n) is 11.4. The van der Waals surface area contributed by atoms with Gasteiger partial charge in [-0.05, 0) is 49.6 Å². The molecule has 1 aliphatic heterocycles. The maximum absolute atomic E-state index is 6.25. The Kier molecular flexibility index (Phi) is 4.52. The zero-order valence-corrected chi connectivity index (χ0v) is 12.1. The number of aryl methyl sites for hydroxylation is 1. The van der Waals surface area contributed by atoms with Crippen molar-refractivity contribution in [1.82, 2.24) is 5.32 Å². The van der Waals surface area contributed by atoms with E-state index in [0.29, 0.717) is 11.8 Å². The summed E-state index contributed by atoms with van der Waals surface area (Å²) in [5.41, 5.74) is 1.11. The van der Waals surface area contributed by atoms with Crippen LogP contribution in [-0.2, 0) is 0 Å². The summed E-state index contributed by atoms with van der Waals surface area (Å²) in [5, 5.41) is 4.18. The van der Waals surface area contributed by atoms with Gasteiger partial charge in [-0.15, -0.1) is 0 Å². The first-order valence-electron chi connectivity index (χ1n) is 6.71. The molecule has 0 aliphatic carbocycles. The van der Waals surface area contributed by atoms with E-state index in [1.165, 1.54) is 6.42 Å². The highest BCUT2D eigenvalue weighted by molar-refractivity contribution is 6.30. The van der Waals surface area contributed by atoms with Crippen molar-refractivity contribution in [1.29, 1.82) is 0 Å². The van der Waals surface area contributed by atoms with Crippen LogP contribution in [0.25, 0.3) is 0 Å². The second-order valence-electron chi connectivity index (χ2n) is 5.49. The summed E-state index contributed by atoms with van der Waals surface area (Å²) in [6.45, 7) is 8.68. The number of benzene rings is 1. The Balaban J connectivity index is 2.12. The lowest BCUT2D eigenvalue weighted by Crippen LogP contribution is -2.33. The highest BCUT2D eigenvalue weighted by Crippen LogP contribution is 2.28. The van der Waals surface area contributed by atoms with Crippen LogP contribution in [0.5, 0.6) is 5.75 Å². The molecule has 1 unspecified atom stereocenters. The SMILES string of the molecule is Cc1cc(Cl)ccc1O[C@H](C(C)C)C1CCNC1. The molecule has 2 nitrogen and oxygen atoms in total. The van der Waals surface area contributed by atoms with Crippen molar-refractivity contribution in [2.24, 2.45) is 11.8 Å². The number of rotatable bonds is 4. The van der Waals surface area contributed by atoms with E-state index >= 15 is 0 Å². The highest BCUT2D eigenvalue weighted by Gasteiger charge is 2.29. The Bertz CT molecular complexity index is 399. The summed E-state index contributed by atoms with van der Waals surface area (Å²) in [5.74, 6) is 2.09. The van der Waals surface area contributed by atoms with Crippen LogP contribution in [0.15, 0.2) is 18.2 Å². The summed E-state index contributed by atoms with van der Waals surface area (Å²) >= 11 is 5.98. The van der Waals surface area contributed by atoms with Crippen molar-refractivity contribution in [3.63, 3.8) is 0 Å². The molecule has 1 heterocycles. The zero-order chi connectivity index (χ0) is 13.1. The summed E-state index contributed by atoms with van der Waals surface area (Å²) in [4.78, 5) is 0. The van der Waals surface area contributed by atoms with Gasteiger partial charge in [-0.25, -0.2) is 0 Å². The lowest BCUT2D eigenvalue weighted by molar-refractivity contribution is 0.0966. The molecule has 1 aliphatic rings. The first kappa shape index (κ1) is 13.7. The molecule has 0 saturated carbocycles. The molecule has 0 amide bonds. The molecule has 2 atom stereocenters. The van der Waals surface area contributed by atoms with Crippen LogP contribution in [-0.4, -0.2) is 19.2 Å². The fourth-order valence-corrected chi connectivity index (χ4v) is 2.85. The molecule has 0 bridgehead atoms. The largest absolute Gasteiger partial charge is 0.490 e. The first-order valence-corrected chi connectivity index (χ1v) is 7.09. The summed E-state index contributed by atoms with van der Waals surface area (Å²) in [6, 6.07) is 5.84. The van der Waals surface area contributed by atoms with E-state index in [0.717, 1.165) is 29.4 Å². The topological polar surface area (TPSA) is 21.3 Å². The molecule has 0 aromatic heterocycles. The van der Waals surface area contributed by atoms with Crippen LogP contribution in [0, 0.1) is 18.8 Å². The summed E-state index contributed by atoms with van der Waals surface area (Å²) < 4.78 is 6.25. The molecule has 1 fully saturated rings. The Morgan fingerprint density at radius 2 is 2.17 bits per heavy atom. The van der Waals surface area contributed by atoms with Gasteiger partial charge in [0.2, 0.25) is 0 Å². The molecule has 0 radical (unpaired) electrons. The summed E-state index contributed by atoms with van der Waals surface area (Å²) in [7, 11) is 0. The third-order valence-electron chi connectivity index (χ3n) is 3.62. The highest BCUT2D eigenvalue weighted by atomic mass is 35.5. The monoisotopic (exact) mass is 267 g/mol. The van der Waals surface area contributed by atoms with Crippen molar-refractivity contribution in [3.05, 3.63) is 28.8 Å². The van der Waals surface area contributed by atoms with Crippen LogP contribution < -0.4 is 10.1 Å². The number of ether oxygens (including phenoxy) is 1. The molecule has 0 spiro atoms. The van der Waals surface area contributed by atoms with Gasteiger partial charge in [-0.3, -0.25) is 0 Å². The maximum atomic E-state index is 6.25. The Morgan fingerprint density at radius 3 is 2.72 bits per heavy atom. The van der Waals surface area contributed by atoms with Crippen LogP contribution in [0.4, 0.5) is 0 Å². The molecule has 1 aromatic carbocycles. The Hall–Kier alpha value is -0.730. The van der Waals surface area contributed by atoms with E-state index < -0.39 is 0 Å². The molecule has 3 heteroatoms. The van der Waals surface area contributed by atoms with Gasteiger partial charge in [0.25, 0.3) is 0 Å². The first-order chi connectivity index (χ1) is 8.58. The van der Waals surface area contributed by atoms with Crippen LogP contribution in [0.2, 0.25) is 5.02 Å². The number of hydrogen-bond acceptors (Lipinski definition) is 2. The van der Waals surface area contributed by atoms with Gasteiger partial charge in [0.15, 0.2) is 0 Å². The van der Waals surface area contributed by atoms with Gasteiger partial charge < -0.3 is 10.1 Å². The van der Waals surface area contributed by atoms with Gasteiger partial charge in [0.1, 0.15) is 11.9 Å². The van der Waals surface area contributed by atoms with Crippen molar-refractivity contribution in [2.75, 3.05) is 13.1 Å². The van der Waals surface area contributed by atoms with Gasteiger partial charge in [-0.1, -0.05) is 25.4 Å². The van der Waals surface area contributed by atoms with Gasteiger partial charge in [-0.2, -0.15) is 0 Å². The standard InChI is InChI=1S/C15H22ClNO/c1-10(2)15(12-6-7-17-9-12)18-14-5-4-13(16)8-11(14)3/h4-5,8,10,12,15,17H,6-7,9H2,1-3H3/t12?,15-/m1/s1. The average molecular weight is 268 g/mol. The third-order valence-corrected chi connectivity index (χ3v) is 3.86. The predicted octanol–water partition coefficient (Wildman–Crippen LogP) is 3.66. The van der Waals surface area contributed by atoms with E-state index in [1.54, 1.807) is 0 Å².